The van der Waals surface area contributed by atoms with Crippen molar-refractivity contribution < 1.29 is 9.90 Å². The van der Waals surface area contributed by atoms with Crippen molar-refractivity contribution in [3.63, 3.8) is 0 Å². The largest absolute Gasteiger partial charge is 0.480 e. The number of likely N-dealkylation sites (N-methyl/N-ethyl adjacent to an activating group) is 1. The zero-order valence-electron chi connectivity index (χ0n) is 10.1. The number of unbranched alkanes of at least 4 members (excludes halogenated alkanes) is 2. The van der Waals surface area contributed by atoms with Crippen molar-refractivity contribution in [2.24, 2.45) is 0 Å². The maximum absolute atomic E-state index is 10.6. The molecule has 0 aliphatic carbocycles. The summed E-state index contributed by atoms with van der Waals surface area (Å²) < 4.78 is 0. The van der Waals surface area contributed by atoms with Crippen LogP contribution in [0.25, 0.3) is 0 Å². The van der Waals surface area contributed by atoms with Gasteiger partial charge in [-0.1, -0.05) is 0 Å². The lowest BCUT2D eigenvalue weighted by Gasteiger charge is -2.21. The molecule has 16 heavy (non-hydrogen) atoms. The third-order valence-electron chi connectivity index (χ3n) is 2.24. The average molecular weight is 227 g/mol. The van der Waals surface area contributed by atoms with E-state index < -0.39 is 5.97 Å². The monoisotopic (exact) mass is 227 g/mol. The quantitative estimate of drug-likeness (QED) is 0.585. The van der Waals surface area contributed by atoms with E-state index in [0.29, 0.717) is 6.42 Å². The number of aliphatic carboxylic acids is 1. The highest BCUT2D eigenvalue weighted by molar-refractivity contribution is 5.69. The van der Waals surface area contributed by atoms with Gasteiger partial charge >= 0.3 is 5.97 Å². The van der Waals surface area contributed by atoms with Crippen LogP contribution in [0.5, 0.6) is 0 Å². The molecule has 0 amide bonds. The highest BCUT2D eigenvalue weighted by Crippen LogP contribution is 1.98. The van der Waals surface area contributed by atoms with E-state index in [-0.39, 0.29) is 6.54 Å². The Morgan fingerprint density at radius 1 is 1.25 bits per heavy atom. The lowest BCUT2D eigenvalue weighted by Crippen LogP contribution is -2.36. The van der Waals surface area contributed by atoms with Gasteiger partial charge in [-0.15, -0.1) is 0 Å². The average Bonchev–Trinajstić information content (AvgIpc) is 2.19. The van der Waals surface area contributed by atoms with E-state index >= 15 is 0 Å². The first-order valence-electron chi connectivity index (χ1n) is 5.52. The number of rotatable bonds is 9. The van der Waals surface area contributed by atoms with Crippen molar-refractivity contribution in [3.8, 4) is 6.07 Å². The Morgan fingerprint density at radius 2 is 1.94 bits per heavy atom. The molecule has 0 rings (SSSR count). The third kappa shape index (κ3) is 9.44. The molecule has 0 bridgehead atoms. The molecular weight excluding hydrogens is 206 g/mol. The lowest BCUT2D eigenvalue weighted by molar-refractivity contribution is -0.138. The molecule has 0 atom stereocenters. The fraction of sp³-hybridized carbons (Fsp3) is 0.818. The van der Waals surface area contributed by atoms with Gasteiger partial charge in [0, 0.05) is 19.5 Å². The highest BCUT2D eigenvalue weighted by atomic mass is 16.4. The van der Waals surface area contributed by atoms with E-state index in [4.69, 9.17) is 10.4 Å². The predicted octanol–water partition coefficient (Wildman–Crippen LogP) is 0.628. The number of hydrogen-bond acceptors (Lipinski definition) is 4. The fourth-order valence-corrected chi connectivity index (χ4v) is 1.34. The first-order valence-corrected chi connectivity index (χ1v) is 5.52. The summed E-state index contributed by atoms with van der Waals surface area (Å²) in [6.45, 7) is 2.44. The summed E-state index contributed by atoms with van der Waals surface area (Å²) >= 11 is 0. The molecule has 92 valence electrons. The van der Waals surface area contributed by atoms with Gasteiger partial charge in [0.25, 0.3) is 0 Å². The van der Waals surface area contributed by atoms with Crippen LogP contribution in [-0.2, 0) is 4.79 Å². The minimum absolute atomic E-state index is 0.0837. The summed E-state index contributed by atoms with van der Waals surface area (Å²) in [4.78, 5) is 14.6. The van der Waals surface area contributed by atoms with Crippen LogP contribution in [0.15, 0.2) is 0 Å². The van der Waals surface area contributed by atoms with Crippen molar-refractivity contribution in [2.75, 3.05) is 40.3 Å². The molecule has 0 radical (unpaired) electrons. The van der Waals surface area contributed by atoms with Crippen molar-refractivity contribution >= 4 is 5.97 Å². The molecule has 0 aromatic rings. The summed E-state index contributed by atoms with van der Waals surface area (Å²) in [7, 11) is 3.93. The first-order chi connectivity index (χ1) is 7.56. The fourth-order valence-electron chi connectivity index (χ4n) is 1.34. The Hall–Kier alpha value is -1.12. The molecule has 0 unspecified atom stereocenters. The number of carboxylic acid groups (broad SMARTS) is 1. The summed E-state index contributed by atoms with van der Waals surface area (Å²) in [5.41, 5.74) is 0. The summed E-state index contributed by atoms with van der Waals surface area (Å²) in [5.74, 6) is -0.793. The second-order valence-electron chi connectivity index (χ2n) is 4.09. The molecule has 0 aliphatic heterocycles. The molecule has 0 aromatic heterocycles. The van der Waals surface area contributed by atoms with Gasteiger partial charge in [-0.05, 0) is 33.5 Å². The number of carbonyl (C=O) groups is 1. The summed E-state index contributed by atoms with van der Waals surface area (Å²) in [6.07, 6.45) is 2.28. The third-order valence-corrected chi connectivity index (χ3v) is 2.24. The smallest absolute Gasteiger partial charge is 0.317 e. The molecule has 0 spiro atoms. The SMILES string of the molecule is CN(C)CCN(CCCCC#N)CC(=O)O. The lowest BCUT2D eigenvalue weighted by atomic mass is 10.2. The number of nitriles is 1. The van der Waals surface area contributed by atoms with Crippen molar-refractivity contribution in [3.05, 3.63) is 0 Å². The van der Waals surface area contributed by atoms with Gasteiger partial charge < -0.3 is 10.0 Å². The van der Waals surface area contributed by atoms with Crippen LogP contribution in [0.1, 0.15) is 19.3 Å². The van der Waals surface area contributed by atoms with Crippen LogP contribution in [0, 0.1) is 11.3 Å². The zero-order chi connectivity index (χ0) is 12.4. The van der Waals surface area contributed by atoms with E-state index in [0.717, 1.165) is 32.5 Å². The molecule has 0 fully saturated rings. The van der Waals surface area contributed by atoms with Gasteiger partial charge in [-0.3, -0.25) is 9.69 Å². The van der Waals surface area contributed by atoms with Crippen LogP contribution in [0.3, 0.4) is 0 Å². The number of hydrogen-bond donors (Lipinski definition) is 1. The summed E-state index contributed by atoms with van der Waals surface area (Å²) in [6, 6.07) is 2.09. The minimum atomic E-state index is -0.793. The zero-order valence-corrected chi connectivity index (χ0v) is 10.1. The Balaban J connectivity index is 3.81. The Kier molecular flexibility index (Phi) is 8.49. The molecule has 0 saturated heterocycles. The standard InChI is InChI=1S/C11H21N3O2/c1-13(2)8-9-14(10-11(15)16)7-5-3-4-6-12/h3-5,7-10H2,1-2H3,(H,15,16). The van der Waals surface area contributed by atoms with Gasteiger partial charge in [0.1, 0.15) is 0 Å². The van der Waals surface area contributed by atoms with Gasteiger partial charge in [0.2, 0.25) is 0 Å². The van der Waals surface area contributed by atoms with Crippen LogP contribution < -0.4 is 0 Å². The predicted molar refractivity (Wildman–Crippen MR) is 62.1 cm³/mol. The minimum Gasteiger partial charge on any atom is -0.480 e. The molecule has 0 aromatic carbocycles. The van der Waals surface area contributed by atoms with Crippen LogP contribution >= 0.6 is 0 Å². The molecule has 0 saturated carbocycles. The molecule has 5 heteroatoms. The second kappa shape index (κ2) is 9.13. The van der Waals surface area contributed by atoms with Crippen LogP contribution in [0.4, 0.5) is 0 Å². The topological polar surface area (TPSA) is 67.6 Å². The van der Waals surface area contributed by atoms with Crippen LogP contribution in [0.2, 0.25) is 0 Å². The summed E-state index contributed by atoms with van der Waals surface area (Å²) in [5, 5.41) is 17.1. The Morgan fingerprint density at radius 3 is 2.44 bits per heavy atom. The maximum Gasteiger partial charge on any atom is 0.317 e. The molecule has 5 nitrogen and oxygen atoms in total. The molecule has 0 heterocycles. The molecular formula is C11H21N3O2. The van der Waals surface area contributed by atoms with Gasteiger partial charge in [-0.25, -0.2) is 0 Å². The molecule has 1 N–H and O–H groups in total. The highest BCUT2D eigenvalue weighted by Gasteiger charge is 2.09. The van der Waals surface area contributed by atoms with E-state index in [1.165, 1.54) is 0 Å². The normalized spacial score (nSPS) is 10.7. The maximum atomic E-state index is 10.6. The first kappa shape index (κ1) is 14.9. The van der Waals surface area contributed by atoms with Crippen LogP contribution in [-0.4, -0.2) is 61.2 Å². The van der Waals surface area contributed by atoms with E-state index in [1.807, 2.05) is 23.9 Å². The van der Waals surface area contributed by atoms with Gasteiger partial charge in [0.15, 0.2) is 0 Å². The second-order valence-corrected chi connectivity index (χ2v) is 4.09. The van der Waals surface area contributed by atoms with E-state index in [9.17, 15) is 4.79 Å². The molecule has 0 aliphatic rings. The van der Waals surface area contributed by atoms with Crippen molar-refractivity contribution in [1.82, 2.24) is 9.80 Å². The van der Waals surface area contributed by atoms with E-state index in [2.05, 4.69) is 6.07 Å². The van der Waals surface area contributed by atoms with Gasteiger partial charge in [0.05, 0.1) is 12.6 Å². The van der Waals surface area contributed by atoms with Crippen molar-refractivity contribution in [2.45, 2.75) is 19.3 Å². The van der Waals surface area contributed by atoms with E-state index in [1.54, 1.807) is 0 Å². The van der Waals surface area contributed by atoms with Crippen molar-refractivity contribution in [1.29, 1.82) is 5.26 Å². The Bertz CT molecular complexity index is 236. The Labute approximate surface area is 97.3 Å². The van der Waals surface area contributed by atoms with Gasteiger partial charge in [-0.2, -0.15) is 5.26 Å². The number of nitrogens with zero attached hydrogens (tertiary/aromatic N) is 3. The number of carboxylic acids is 1.